The molecule has 1 aliphatic carbocycles. The maximum absolute atomic E-state index is 13.0. The van der Waals surface area contributed by atoms with Gasteiger partial charge in [0.2, 0.25) is 16.9 Å². The molecule has 1 aliphatic rings. The van der Waals surface area contributed by atoms with Gasteiger partial charge in [-0.3, -0.25) is 14.9 Å². The summed E-state index contributed by atoms with van der Waals surface area (Å²) in [6.45, 7) is 4.00. The predicted molar refractivity (Wildman–Crippen MR) is 118 cm³/mol. The van der Waals surface area contributed by atoms with Crippen LogP contribution in [-0.4, -0.2) is 35.2 Å². The Morgan fingerprint density at radius 3 is 2.50 bits per heavy atom. The van der Waals surface area contributed by atoms with Gasteiger partial charge in [-0.1, -0.05) is 50.9 Å². The van der Waals surface area contributed by atoms with E-state index in [0.717, 1.165) is 43.4 Å². The van der Waals surface area contributed by atoms with Crippen molar-refractivity contribution in [1.29, 1.82) is 0 Å². The van der Waals surface area contributed by atoms with Crippen molar-refractivity contribution in [1.82, 2.24) is 15.5 Å². The molecule has 8 heteroatoms. The van der Waals surface area contributed by atoms with E-state index in [-0.39, 0.29) is 23.7 Å². The Hall–Kier alpha value is -2.48. The second-order valence-electron chi connectivity index (χ2n) is 7.84. The van der Waals surface area contributed by atoms with Crippen LogP contribution in [0.5, 0.6) is 5.75 Å². The lowest BCUT2D eigenvalue weighted by molar-refractivity contribution is -0.130. The smallest absolute Gasteiger partial charge is 0.249 e. The second kappa shape index (κ2) is 10.5. The molecule has 0 bridgehead atoms. The third-order valence-corrected chi connectivity index (χ3v) is 6.65. The number of anilines is 1. The molecule has 1 heterocycles. The summed E-state index contributed by atoms with van der Waals surface area (Å²) in [6, 6.07) is 6.93. The summed E-state index contributed by atoms with van der Waals surface area (Å²) in [5.74, 6) is 0.548. The largest absolute Gasteiger partial charge is 0.497 e. The van der Waals surface area contributed by atoms with Crippen molar-refractivity contribution in [3.63, 3.8) is 0 Å². The average molecular weight is 431 g/mol. The van der Waals surface area contributed by atoms with E-state index in [9.17, 15) is 9.59 Å². The van der Waals surface area contributed by atoms with E-state index >= 15 is 0 Å². The highest BCUT2D eigenvalue weighted by Gasteiger charge is 2.30. The molecular formula is C22H30N4O3S. The van der Waals surface area contributed by atoms with E-state index in [1.807, 2.05) is 38.1 Å². The fourth-order valence-corrected chi connectivity index (χ4v) is 4.40. The van der Waals surface area contributed by atoms with Gasteiger partial charge in [0.1, 0.15) is 16.8 Å². The standard InChI is InChI=1S/C22H30N4O3S/c1-4-14(2)18(23-19(27)15-8-6-5-7-9-15)20(28)24-22-26-25-21(30-22)16-10-12-17(29-3)13-11-16/h10-15,18H,4-9H2,1-3H3,(H,23,27)(H,24,26,28). The summed E-state index contributed by atoms with van der Waals surface area (Å²) < 4.78 is 5.17. The lowest BCUT2D eigenvalue weighted by Crippen LogP contribution is -2.49. The highest BCUT2D eigenvalue weighted by Crippen LogP contribution is 2.28. The number of carbonyl (C=O) groups excluding carboxylic acids is 2. The Balaban J connectivity index is 1.66. The molecule has 1 aromatic carbocycles. The van der Waals surface area contributed by atoms with E-state index in [1.165, 1.54) is 17.8 Å². The lowest BCUT2D eigenvalue weighted by atomic mass is 9.88. The van der Waals surface area contributed by atoms with Gasteiger partial charge in [0.15, 0.2) is 0 Å². The van der Waals surface area contributed by atoms with Crippen LogP contribution in [0.25, 0.3) is 10.6 Å². The van der Waals surface area contributed by atoms with Crippen molar-refractivity contribution in [3.8, 4) is 16.3 Å². The molecule has 2 amide bonds. The van der Waals surface area contributed by atoms with Crippen LogP contribution >= 0.6 is 11.3 Å². The molecule has 1 fully saturated rings. The first-order valence-electron chi connectivity index (χ1n) is 10.6. The third kappa shape index (κ3) is 5.56. The first-order valence-corrected chi connectivity index (χ1v) is 11.4. The van der Waals surface area contributed by atoms with E-state index in [4.69, 9.17) is 4.74 Å². The third-order valence-electron chi connectivity index (χ3n) is 5.76. The number of amides is 2. The molecule has 3 rings (SSSR count). The molecule has 0 aliphatic heterocycles. The minimum atomic E-state index is -0.585. The van der Waals surface area contributed by atoms with Crippen LogP contribution < -0.4 is 15.4 Å². The van der Waals surface area contributed by atoms with Crippen LogP contribution in [0.15, 0.2) is 24.3 Å². The average Bonchev–Trinajstić information content (AvgIpc) is 3.25. The normalized spacial score (nSPS) is 16.5. The molecule has 0 saturated heterocycles. The predicted octanol–water partition coefficient (Wildman–Crippen LogP) is 4.26. The van der Waals surface area contributed by atoms with Gasteiger partial charge in [-0.15, -0.1) is 10.2 Å². The van der Waals surface area contributed by atoms with Gasteiger partial charge in [-0.25, -0.2) is 0 Å². The summed E-state index contributed by atoms with van der Waals surface area (Å²) in [4.78, 5) is 25.7. The highest BCUT2D eigenvalue weighted by atomic mass is 32.1. The van der Waals surface area contributed by atoms with E-state index < -0.39 is 6.04 Å². The second-order valence-corrected chi connectivity index (χ2v) is 8.81. The fraction of sp³-hybridized carbons (Fsp3) is 0.545. The molecule has 2 unspecified atom stereocenters. The number of nitrogens with one attached hydrogen (secondary N) is 2. The fourth-order valence-electron chi connectivity index (χ4n) is 3.64. The first-order chi connectivity index (χ1) is 14.5. The Labute approximate surface area is 181 Å². The molecule has 30 heavy (non-hydrogen) atoms. The van der Waals surface area contributed by atoms with Gasteiger partial charge in [0.05, 0.1) is 7.11 Å². The topological polar surface area (TPSA) is 93.2 Å². The SMILES string of the molecule is CCC(C)C(NC(=O)C1CCCCC1)C(=O)Nc1nnc(-c2ccc(OC)cc2)s1. The lowest BCUT2D eigenvalue weighted by Gasteiger charge is -2.27. The Morgan fingerprint density at radius 1 is 1.17 bits per heavy atom. The van der Waals surface area contributed by atoms with E-state index in [1.54, 1.807) is 7.11 Å². The van der Waals surface area contributed by atoms with Gasteiger partial charge in [-0.2, -0.15) is 0 Å². The molecule has 2 atom stereocenters. The zero-order chi connectivity index (χ0) is 21.5. The molecule has 1 saturated carbocycles. The number of ether oxygens (including phenoxy) is 1. The van der Waals surface area contributed by atoms with Crippen LogP contribution in [-0.2, 0) is 9.59 Å². The maximum atomic E-state index is 13.0. The van der Waals surface area contributed by atoms with Crippen LogP contribution in [0, 0.1) is 11.8 Å². The Kier molecular flexibility index (Phi) is 7.79. The number of hydrogen-bond donors (Lipinski definition) is 2. The number of benzene rings is 1. The monoisotopic (exact) mass is 430 g/mol. The molecule has 0 radical (unpaired) electrons. The molecule has 2 N–H and O–H groups in total. The maximum Gasteiger partial charge on any atom is 0.249 e. The number of hydrogen-bond acceptors (Lipinski definition) is 6. The van der Waals surface area contributed by atoms with E-state index in [0.29, 0.717) is 10.1 Å². The molecular weight excluding hydrogens is 400 g/mol. The van der Waals surface area contributed by atoms with Crippen molar-refractivity contribution in [2.75, 3.05) is 12.4 Å². The summed E-state index contributed by atoms with van der Waals surface area (Å²) in [5.41, 5.74) is 0.901. The van der Waals surface area contributed by atoms with Gasteiger partial charge < -0.3 is 10.1 Å². The van der Waals surface area contributed by atoms with Crippen molar-refractivity contribution < 1.29 is 14.3 Å². The number of aromatic nitrogens is 2. The van der Waals surface area contributed by atoms with Crippen LogP contribution in [0.3, 0.4) is 0 Å². The van der Waals surface area contributed by atoms with E-state index in [2.05, 4.69) is 20.8 Å². The molecule has 1 aromatic heterocycles. The number of rotatable bonds is 8. The van der Waals surface area contributed by atoms with Crippen molar-refractivity contribution in [3.05, 3.63) is 24.3 Å². The summed E-state index contributed by atoms with van der Waals surface area (Å²) in [7, 11) is 1.62. The van der Waals surface area contributed by atoms with Crippen LogP contribution in [0.4, 0.5) is 5.13 Å². The number of methoxy groups -OCH3 is 1. The number of nitrogens with zero attached hydrogens (tertiary/aromatic N) is 2. The highest BCUT2D eigenvalue weighted by molar-refractivity contribution is 7.18. The minimum Gasteiger partial charge on any atom is -0.497 e. The zero-order valence-electron chi connectivity index (χ0n) is 17.8. The minimum absolute atomic E-state index is 0.00802. The molecule has 0 spiro atoms. The van der Waals surface area contributed by atoms with Crippen LogP contribution in [0.1, 0.15) is 52.4 Å². The number of carbonyl (C=O) groups is 2. The van der Waals surface area contributed by atoms with Gasteiger partial charge in [-0.05, 0) is 43.0 Å². The quantitative estimate of drug-likeness (QED) is 0.653. The van der Waals surface area contributed by atoms with Crippen molar-refractivity contribution in [2.24, 2.45) is 11.8 Å². The summed E-state index contributed by atoms with van der Waals surface area (Å²) in [5, 5.41) is 15.3. The molecule has 7 nitrogen and oxygen atoms in total. The van der Waals surface area contributed by atoms with Gasteiger partial charge >= 0.3 is 0 Å². The van der Waals surface area contributed by atoms with Crippen molar-refractivity contribution in [2.45, 2.75) is 58.4 Å². The van der Waals surface area contributed by atoms with Crippen LogP contribution in [0.2, 0.25) is 0 Å². The van der Waals surface area contributed by atoms with Crippen molar-refractivity contribution >= 4 is 28.3 Å². The summed E-state index contributed by atoms with van der Waals surface area (Å²) >= 11 is 1.30. The molecule has 2 aromatic rings. The Morgan fingerprint density at radius 2 is 1.87 bits per heavy atom. The van der Waals surface area contributed by atoms with Gasteiger partial charge in [0, 0.05) is 11.5 Å². The van der Waals surface area contributed by atoms with Gasteiger partial charge in [0.25, 0.3) is 0 Å². The Bertz CT molecular complexity index is 846. The summed E-state index contributed by atoms with van der Waals surface area (Å²) in [6.07, 6.45) is 5.95. The molecule has 162 valence electrons. The first kappa shape index (κ1) is 22.2. The zero-order valence-corrected chi connectivity index (χ0v) is 18.6.